The molecule has 4 fully saturated rings. The van der Waals surface area contributed by atoms with Crippen molar-refractivity contribution in [2.75, 3.05) is 55.7 Å². The number of nitrogens with zero attached hydrogens (tertiary/aromatic N) is 6. The minimum absolute atomic E-state index is 0.0359. The van der Waals surface area contributed by atoms with Crippen molar-refractivity contribution >= 4 is 59.0 Å². The van der Waals surface area contributed by atoms with Crippen LogP contribution in [-0.4, -0.2) is 105 Å². The predicted octanol–water partition coefficient (Wildman–Crippen LogP) is 5.98. The minimum atomic E-state index is -0.335. The van der Waals surface area contributed by atoms with Crippen molar-refractivity contribution < 1.29 is 19.5 Å². The average molecular weight is 825 g/mol. The van der Waals surface area contributed by atoms with Crippen LogP contribution in [0.3, 0.4) is 0 Å². The largest absolute Gasteiger partial charge is 0.393 e. The Morgan fingerprint density at radius 2 is 1.76 bits per heavy atom. The van der Waals surface area contributed by atoms with Gasteiger partial charge in [-0.05, 0) is 118 Å². The van der Waals surface area contributed by atoms with Gasteiger partial charge in [-0.25, -0.2) is 9.29 Å². The number of carbonyl (C=O) groups excluding carboxylic acids is 3. The zero-order chi connectivity index (χ0) is 41.2. The maximum atomic E-state index is 12.3. The first-order valence-electron chi connectivity index (χ1n) is 21.4. The summed E-state index contributed by atoms with van der Waals surface area (Å²) in [7, 11) is 3.96. The zero-order valence-corrected chi connectivity index (χ0v) is 35.3. The molecule has 2 saturated carbocycles. The van der Waals surface area contributed by atoms with Crippen LogP contribution >= 0.6 is 11.9 Å². The Bertz CT molecular complexity index is 2030. The van der Waals surface area contributed by atoms with Crippen molar-refractivity contribution in [1.82, 2.24) is 34.3 Å². The number of rotatable bonds is 12. The number of aromatic nitrogens is 4. The molecule has 2 amide bonds. The molecule has 15 heteroatoms. The Balaban J connectivity index is 0.000000322. The second-order valence-electron chi connectivity index (χ2n) is 16.4. The molecule has 5 aliphatic rings. The highest BCUT2D eigenvalue weighted by Crippen LogP contribution is 2.54. The lowest BCUT2D eigenvalue weighted by Gasteiger charge is -2.33. The monoisotopic (exact) mass is 824 g/mol. The summed E-state index contributed by atoms with van der Waals surface area (Å²) in [6.45, 7) is 5.70. The first-order valence-corrected chi connectivity index (χ1v) is 22.2. The number of fused-ring (bicyclic) bond motifs is 3. The van der Waals surface area contributed by atoms with Crippen molar-refractivity contribution in [1.29, 1.82) is 0 Å². The van der Waals surface area contributed by atoms with Crippen molar-refractivity contribution in [3.63, 3.8) is 0 Å². The first-order chi connectivity index (χ1) is 28.8. The number of benzene rings is 2. The van der Waals surface area contributed by atoms with Crippen LogP contribution in [0.5, 0.6) is 0 Å². The van der Waals surface area contributed by atoms with Crippen LogP contribution in [0.15, 0.2) is 53.6 Å². The van der Waals surface area contributed by atoms with Crippen LogP contribution < -0.4 is 21.3 Å². The van der Waals surface area contributed by atoms with Gasteiger partial charge in [0, 0.05) is 74.8 Å². The number of carbonyl (C=O) groups is 3. The molecule has 5 heterocycles. The highest BCUT2D eigenvalue weighted by Gasteiger charge is 2.57. The molecule has 2 aliphatic carbocycles. The number of piperidine rings is 2. The summed E-state index contributed by atoms with van der Waals surface area (Å²) in [5.74, 6) is 2.94. The van der Waals surface area contributed by atoms with Gasteiger partial charge in [-0.1, -0.05) is 37.5 Å². The number of nitrogens with one attached hydrogen (secondary N) is 4. The summed E-state index contributed by atoms with van der Waals surface area (Å²) in [4.78, 5) is 44.4. The number of aliphatic hydroxyl groups is 1. The van der Waals surface area contributed by atoms with Gasteiger partial charge in [-0.15, -0.1) is 0 Å². The smallest absolute Gasteiger partial charge is 0.236 e. The van der Waals surface area contributed by atoms with E-state index in [4.69, 9.17) is 5.11 Å². The van der Waals surface area contributed by atoms with E-state index in [-0.39, 0.29) is 17.4 Å². The number of amides is 2. The Labute approximate surface area is 351 Å². The fraction of sp³-hybridized carbons (Fsp3) is 0.545. The van der Waals surface area contributed by atoms with Gasteiger partial charge in [0.05, 0.1) is 17.0 Å². The first kappa shape index (κ1) is 42.6. The molecular formula is C44H60N10O4S. The highest BCUT2D eigenvalue weighted by atomic mass is 32.2. The van der Waals surface area contributed by atoms with E-state index in [1.165, 1.54) is 59.0 Å². The summed E-state index contributed by atoms with van der Waals surface area (Å²) in [5.41, 5.74) is 4.66. The van der Waals surface area contributed by atoms with Crippen molar-refractivity contribution in [2.24, 2.45) is 7.05 Å². The third-order valence-corrected chi connectivity index (χ3v) is 13.4. The van der Waals surface area contributed by atoms with Crippen LogP contribution in [-0.2, 0) is 33.4 Å². The van der Waals surface area contributed by atoms with E-state index in [9.17, 15) is 14.4 Å². The van der Waals surface area contributed by atoms with E-state index in [2.05, 4.69) is 88.0 Å². The van der Waals surface area contributed by atoms with Crippen molar-refractivity contribution in [2.45, 2.75) is 112 Å². The molecule has 4 aromatic rings. The van der Waals surface area contributed by atoms with Crippen LogP contribution in [0, 0.1) is 0 Å². The summed E-state index contributed by atoms with van der Waals surface area (Å²) in [6.07, 6.45) is 15.7. The van der Waals surface area contributed by atoms with E-state index < -0.39 is 0 Å². The summed E-state index contributed by atoms with van der Waals surface area (Å²) in [5, 5.41) is 26.7. The number of aryl methyl sites for hydroxylation is 1. The third kappa shape index (κ3) is 10.8. The molecular weight excluding hydrogens is 765 g/mol. The quantitative estimate of drug-likeness (QED) is 0.0645. The minimum Gasteiger partial charge on any atom is -0.393 e. The van der Waals surface area contributed by atoms with Gasteiger partial charge in [0.2, 0.25) is 18.3 Å². The van der Waals surface area contributed by atoms with Gasteiger partial charge in [-0.2, -0.15) is 10.1 Å². The van der Waals surface area contributed by atoms with Crippen molar-refractivity contribution in [3.05, 3.63) is 65.4 Å². The average Bonchev–Trinajstić information content (AvgIpc) is 3.94. The lowest BCUT2D eigenvalue weighted by Crippen LogP contribution is -2.36. The SMILES string of the molecule is CNc1nn(C)c2cc(C3CCN(Cc4cccc(SN5CCC(Nc6ncc7c(n6)NC(=O)C76CC6)CC5)c4)CC3)ccc12.O=CCCNC=O.OC1CCCCC1. The van der Waals surface area contributed by atoms with Gasteiger partial charge in [0.25, 0.3) is 0 Å². The molecule has 2 aromatic heterocycles. The van der Waals surface area contributed by atoms with Crippen LogP contribution in [0.25, 0.3) is 10.9 Å². The number of aliphatic hydroxyl groups excluding tert-OH is 1. The van der Waals surface area contributed by atoms with Gasteiger partial charge >= 0.3 is 0 Å². The van der Waals surface area contributed by atoms with Crippen molar-refractivity contribution in [3.8, 4) is 0 Å². The van der Waals surface area contributed by atoms with E-state index >= 15 is 0 Å². The molecule has 2 saturated heterocycles. The standard InChI is InChI=1S/C34H41N9OS.C6H12O.C4H7NO2/c1-35-30-27-7-6-24(19-29(27)41(2)40-30)23-8-14-42(15-9-23)21-22-4-3-5-26(18-22)45-43-16-10-25(11-17-43)37-33-36-20-28-31(39-33)38-32(44)34(28)12-13-34;7-6-4-2-1-3-5-6;6-3-1-2-5-4-7/h3-7,18-20,23,25H,8-17,21H2,1-2H3,(H,35,40)(H2,36,37,38,39,44);6-7H,1-5H2;3-4H,1-2H2,(H,5,7). The molecule has 59 heavy (non-hydrogen) atoms. The topological polar surface area (TPSA) is 170 Å². The fourth-order valence-electron chi connectivity index (χ4n) is 8.67. The molecule has 0 atom stereocenters. The number of anilines is 3. The van der Waals surface area contributed by atoms with Crippen LogP contribution in [0.2, 0.25) is 0 Å². The predicted molar refractivity (Wildman–Crippen MR) is 233 cm³/mol. The van der Waals surface area contributed by atoms with E-state index in [0.29, 0.717) is 43.1 Å². The number of aldehydes is 1. The number of hydrogen-bond acceptors (Lipinski definition) is 12. The Morgan fingerprint density at radius 3 is 2.44 bits per heavy atom. The normalized spacial score (nSPS) is 19.5. The zero-order valence-electron chi connectivity index (χ0n) is 34.5. The molecule has 0 unspecified atom stereocenters. The fourth-order valence-corrected chi connectivity index (χ4v) is 9.70. The summed E-state index contributed by atoms with van der Waals surface area (Å²) < 4.78 is 4.46. The molecule has 1 spiro atoms. The molecule has 2 aromatic carbocycles. The second-order valence-corrected chi connectivity index (χ2v) is 17.6. The number of likely N-dealkylation sites (tertiary alicyclic amines) is 1. The summed E-state index contributed by atoms with van der Waals surface area (Å²) in [6, 6.07) is 16.3. The van der Waals surface area contributed by atoms with Gasteiger partial charge < -0.3 is 31.2 Å². The van der Waals surface area contributed by atoms with Gasteiger partial charge in [-0.3, -0.25) is 19.2 Å². The molecule has 0 radical (unpaired) electrons. The van der Waals surface area contributed by atoms with E-state index in [1.54, 1.807) is 0 Å². The summed E-state index contributed by atoms with van der Waals surface area (Å²) >= 11 is 1.87. The van der Waals surface area contributed by atoms with Gasteiger partial charge in [0.1, 0.15) is 12.1 Å². The molecule has 316 valence electrons. The Morgan fingerprint density at radius 1 is 0.983 bits per heavy atom. The molecule has 9 rings (SSSR count). The molecule has 3 aliphatic heterocycles. The van der Waals surface area contributed by atoms with Crippen LogP contribution in [0.4, 0.5) is 17.6 Å². The van der Waals surface area contributed by atoms with Crippen LogP contribution in [0.1, 0.15) is 99.7 Å². The lowest BCUT2D eigenvalue weighted by molar-refractivity contribution is -0.118. The third-order valence-electron chi connectivity index (χ3n) is 12.3. The Kier molecular flexibility index (Phi) is 14.5. The van der Waals surface area contributed by atoms with E-state index in [1.807, 2.05) is 36.9 Å². The van der Waals surface area contributed by atoms with E-state index in [0.717, 1.165) is 88.9 Å². The maximum absolute atomic E-state index is 12.3. The molecule has 0 bridgehead atoms. The second kappa shape index (κ2) is 20.1. The Hall–Kier alpha value is -4.57. The number of hydrogen-bond donors (Lipinski definition) is 5. The van der Waals surface area contributed by atoms with Gasteiger partial charge in [0.15, 0.2) is 5.82 Å². The lowest BCUT2D eigenvalue weighted by atomic mass is 9.89. The molecule has 5 N–H and O–H groups in total. The molecule has 14 nitrogen and oxygen atoms in total. The maximum Gasteiger partial charge on any atom is 0.236 e. The highest BCUT2D eigenvalue weighted by molar-refractivity contribution is 7.97.